The van der Waals surface area contributed by atoms with Gasteiger partial charge in [-0.2, -0.15) is 0 Å². The Balaban J connectivity index is 1.80. The van der Waals surface area contributed by atoms with E-state index in [0.717, 1.165) is 23.2 Å². The first-order chi connectivity index (χ1) is 13.0. The predicted octanol–water partition coefficient (Wildman–Crippen LogP) is 4.25. The summed E-state index contributed by atoms with van der Waals surface area (Å²) in [6.07, 6.45) is 2.51. The van der Waals surface area contributed by atoms with Crippen LogP contribution >= 0.6 is 23.1 Å². The Hall–Kier alpha value is -2.38. The molecule has 0 atom stereocenters. The first-order valence-electron chi connectivity index (χ1n) is 8.65. The molecular weight excluding hydrogens is 378 g/mol. The van der Waals surface area contributed by atoms with E-state index in [1.165, 1.54) is 23.1 Å². The van der Waals surface area contributed by atoms with Crippen LogP contribution in [0.1, 0.15) is 18.1 Å². The van der Waals surface area contributed by atoms with E-state index in [1.54, 1.807) is 16.7 Å². The number of anilines is 1. The van der Waals surface area contributed by atoms with Crippen LogP contribution in [-0.4, -0.2) is 21.2 Å². The summed E-state index contributed by atoms with van der Waals surface area (Å²) in [5, 5.41) is 5.99. The number of nitrogens with zero attached hydrogens (tertiary/aromatic N) is 2. The van der Waals surface area contributed by atoms with Gasteiger partial charge in [0.25, 0.3) is 5.56 Å². The van der Waals surface area contributed by atoms with Crippen molar-refractivity contribution in [2.75, 3.05) is 11.1 Å². The highest BCUT2D eigenvalue weighted by atomic mass is 32.2. The van der Waals surface area contributed by atoms with E-state index >= 15 is 0 Å². The van der Waals surface area contributed by atoms with Gasteiger partial charge < -0.3 is 5.32 Å². The number of carbonyl (C=O) groups excluding carboxylic acids is 1. The van der Waals surface area contributed by atoms with Crippen LogP contribution in [0.3, 0.4) is 0 Å². The lowest BCUT2D eigenvalue weighted by atomic mass is 10.1. The third-order valence-electron chi connectivity index (χ3n) is 4.20. The van der Waals surface area contributed by atoms with Crippen LogP contribution < -0.4 is 10.9 Å². The number of thioether (sulfide) groups is 1. The van der Waals surface area contributed by atoms with Gasteiger partial charge in [0.05, 0.1) is 11.1 Å². The molecule has 0 radical (unpaired) electrons. The number of aromatic nitrogens is 2. The lowest BCUT2D eigenvalue weighted by Crippen LogP contribution is -2.23. The average molecular weight is 400 g/mol. The van der Waals surface area contributed by atoms with E-state index < -0.39 is 0 Å². The molecule has 0 saturated heterocycles. The second-order valence-electron chi connectivity index (χ2n) is 6.04. The molecule has 2 aromatic heterocycles. The fourth-order valence-electron chi connectivity index (χ4n) is 2.84. The summed E-state index contributed by atoms with van der Waals surface area (Å²) in [4.78, 5) is 30.4. The number of hydrogen-bond donors (Lipinski definition) is 1. The Morgan fingerprint density at radius 3 is 2.96 bits per heavy atom. The Morgan fingerprint density at radius 1 is 1.41 bits per heavy atom. The minimum Gasteiger partial charge on any atom is -0.325 e. The molecule has 5 nitrogen and oxygen atoms in total. The minimum atomic E-state index is -0.116. The van der Waals surface area contributed by atoms with Crippen molar-refractivity contribution in [3.63, 3.8) is 0 Å². The summed E-state index contributed by atoms with van der Waals surface area (Å²) in [6, 6.07) is 7.77. The predicted molar refractivity (Wildman–Crippen MR) is 114 cm³/mol. The van der Waals surface area contributed by atoms with Gasteiger partial charge in [0.2, 0.25) is 5.91 Å². The quantitative estimate of drug-likeness (QED) is 0.367. The van der Waals surface area contributed by atoms with Crippen molar-refractivity contribution < 1.29 is 4.79 Å². The molecule has 0 spiro atoms. The Labute approximate surface area is 166 Å². The molecular formula is C20H21N3O2S2. The maximum atomic E-state index is 12.6. The number of nitrogens with one attached hydrogen (secondary N) is 1. The standard InChI is InChI=1S/C20H21N3O2S2/c1-4-10-23-19(25)15-9-11-26-18(15)22-20(23)27-12-16(24)21-17-13(3)7-6-8-14(17)5-2/h4,6-9,11H,1,5,10,12H2,2-3H3,(H,21,24). The molecule has 0 aliphatic heterocycles. The zero-order chi connectivity index (χ0) is 19.4. The number of benzene rings is 1. The lowest BCUT2D eigenvalue weighted by molar-refractivity contribution is -0.113. The SMILES string of the molecule is C=CCn1c(SCC(=O)Nc2c(C)cccc2CC)nc2sccc2c1=O. The number of aryl methyl sites for hydroxylation is 2. The molecule has 1 aromatic carbocycles. The van der Waals surface area contributed by atoms with E-state index in [1.807, 2.05) is 30.5 Å². The first-order valence-corrected chi connectivity index (χ1v) is 10.5. The van der Waals surface area contributed by atoms with Crippen LogP contribution in [0.4, 0.5) is 5.69 Å². The molecule has 0 fully saturated rings. The summed E-state index contributed by atoms with van der Waals surface area (Å²) in [5.41, 5.74) is 2.91. The van der Waals surface area contributed by atoms with Gasteiger partial charge in [-0.1, -0.05) is 43.0 Å². The molecule has 3 rings (SSSR count). The van der Waals surface area contributed by atoms with Crippen LogP contribution in [0.2, 0.25) is 0 Å². The van der Waals surface area contributed by atoms with Gasteiger partial charge in [-0.05, 0) is 35.9 Å². The number of amides is 1. The fourth-order valence-corrected chi connectivity index (χ4v) is 4.45. The third-order valence-corrected chi connectivity index (χ3v) is 5.98. The summed E-state index contributed by atoms with van der Waals surface area (Å²) in [6.45, 7) is 8.12. The van der Waals surface area contributed by atoms with Gasteiger partial charge >= 0.3 is 0 Å². The van der Waals surface area contributed by atoms with Crippen molar-refractivity contribution in [2.24, 2.45) is 0 Å². The first kappa shape index (κ1) is 19.4. The topological polar surface area (TPSA) is 64.0 Å². The van der Waals surface area contributed by atoms with Gasteiger partial charge in [-0.25, -0.2) is 4.98 Å². The van der Waals surface area contributed by atoms with Crippen LogP contribution in [0.15, 0.2) is 52.3 Å². The normalized spacial score (nSPS) is 10.9. The number of rotatable bonds is 7. The molecule has 3 aromatic rings. The van der Waals surface area contributed by atoms with E-state index in [4.69, 9.17) is 0 Å². The van der Waals surface area contributed by atoms with E-state index in [0.29, 0.717) is 21.9 Å². The molecule has 140 valence electrons. The summed E-state index contributed by atoms with van der Waals surface area (Å²) in [7, 11) is 0. The van der Waals surface area contributed by atoms with Crippen molar-refractivity contribution in [3.8, 4) is 0 Å². The van der Waals surface area contributed by atoms with Crippen molar-refractivity contribution in [2.45, 2.75) is 32.0 Å². The molecule has 0 saturated carbocycles. The van der Waals surface area contributed by atoms with E-state index in [2.05, 4.69) is 23.8 Å². The van der Waals surface area contributed by atoms with Gasteiger partial charge in [0, 0.05) is 12.2 Å². The number of fused-ring (bicyclic) bond motifs is 1. The molecule has 0 unspecified atom stereocenters. The van der Waals surface area contributed by atoms with Crippen molar-refractivity contribution in [1.29, 1.82) is 0 Å². The summed E-state index contributed by atoms with van der Waals surface area (Å²) in [5.74, 6) is 0.0625. The summed E-state index contributed by atoms with van der Waals surface area (Å²) < 4.78 is 1.56. The second kappa shape index (κ2) is 8.54. The van der Waals surface area contributed by atoms with Crippen LogP contribution in [0.5, 0.6) is 0 Å². The number of hydrogen-bond acceptors (Lipinski definition) is 5. The molecule has 27 heavy (non-hydrogen) atoms. The Morgan fingerprint density at radius 2 is 2.22 bits per heavy atom. The molecule has 0 aliphatic rings. The van der Waals surface area contributed by atoms with Crippen LogP contribution in [0, 0.1) is 6.92 Å². The number of carbonyl (C=O) groups is 1. The Bertz CT molecular complexity index is 1050. The molecule has 2 heterocycles. The highest BCUT2D eigenvalue weighted by Gasteiger charge is 2.14. The number of allylic oxidation sites excluding steroid dienone is 1. The smallest absolute Gasteiger partial charge is 0.263 e. The van der Waals surface area contributed by atoms with Crippen molar-refractivity contribution >= 4 is 44.9 Å². The summed E-state index contributed by atoms with van der Waals surface area (Å²) >= 11 is 2.69. The van der Waals surface area contributed by atoms with Gasteiger partial charge in [0.15, 0.2) is 5.16 Å². The van der Waals surface area contributed by atoms with E-state index in [-0.39, 0.29) is 17.2 Å². The number of para-hydroxylation sites is 1. The Kier molecular flexibility index (Phi) is 6.13. The second-order valence-corrected chi connectivity index (χ2v) is 7.87. The third kappa shape index (κ3) is 4.14. The highest BCUT2D eigenvalue weighted by molar-refractivity contribution is 7.99. The maximum Gasteiger partial charge on any atom is 0.263 e. The number of thiophene rings is 1. The monoisotopic (exact) mass is 399 g/mol. The van der Waals surface area contributed by atoms with Crippen molar-refractivity contribution in [1.82, 2.24) is 9.55 Å². The van der Waals surface area contributed by atoms with Crippen LogP contribution in [-0.2, 0) is 17.8 Å². The van der Waals surface area contributed by atoms with Gasteiger partial charge in [-0.3, -0.25) is 14.2 Å². The van der Waals surface area contributed by atoms with Crippen molar-refractivity contribution in [3.05, 3.63) is 63.8 Å². The molecule has 0 bridgehead atoms. The highest BCUT2D eigenvalue weighted by Crippen LogP contribution is 2.24. The zero-order valence-electron chi connectivity index (χ0n) is 15.3. The molecule has 0 aliphatic carbocycles. The molecule has 7 heteroatoms. The lowest BCUT2D eigenvalue weighted by Gasteiger charge is -2.13. The van der Waals surface area contributed by atoms with Gasteiger partial charge in [-0.15, -0.1) is 17.9 Å². The molecule has 1 N–H and O–H groups in total. The maximum absolute atomic E-state index is 12.6. The van der Waals surface area contributed by atoms with E-state index in [9.17, 15) is 9.59 Å². The van der Waals surface area contributed by atoms with Crippen LogP contribution in [0.25, 0.3) is 10.2 Å². The zero-order valence-corrected chi connectivity index (χ0v) is 17.0. The van der Waals surface area contributed by atoms with Gasteiger partial charge in [0.1, 0.15) is 4.83 Å². The largest absolute Gasteiger partial charge is 0.325 e. The fraction of sp³-hybridized carbons (Fsp3) is 0.250. The minimum absolute atomic E-state index is 0.101. The molecule has 1 amide bonds. The average Bonchev–Trinajstić information content (AvgIpc) is 3.13.